The highest BCUT2D eigenvalue weighted by Gasteiger charge is 2.58. The first-order chi connectivity index (χ1) is 13.9. The first kappa shape index (κ1) is 23.2. The molecule has 1 aliphatic carbocycles. The molecule has 0 amide bonds. The number of benzene rings is 1. The molecule has 3 rings (SSSR count). The highest BCUT2D eigenvalue weighted by Crippen LogP contribution is 2.50. The molecular formula is C20H26F5NO3S. The van der Waals surface area contributed by atoms with Gasteiger partial charge in [-0.3, -0.25) is 4.90 Å². The molecule has 1 aliphatic heterocycles. The second kappa shape index (κ2) is 8.61. The SMILES string of the molecule is CS(=O)(=O)c1ccc(OCCC2CC2C2CCN(CC(F)(F)C(F)(F)F)CC2)cc1. The summed E-state index contributed by atoms with van der Waals surface area (Å²) in [7, 11) is -3.24. The fourth-order valence-electron chi connectivity index (χ4n) is 4.20. The monoisotopic (exact) mass is 455 g/mol. The van der Waals surface area contributed by atoms with E-state index in [4.69, 9.17) is 4.74 Å². The van der Waals surface area contributed by atoms with Crippen molar-refractivity contribution in [3.8, 4) is 5.75 Å². The summed E-state index contributed by atoms with van der Waals surface area (Å²) < 4.78 is 92.0. The molecule has 2 aliphatic rings. The summed E-state index contributed by atoms with van der Waals surface area (Å²) in [5.41, 5.74) is 0. The van der Waals surface area contributed by atoms with Crippen LogP contribution < -0.4 is 4.74 Å². The lowest BCUT2D eigenvalue weighted by atomic mass is 9.90. The van der Waals surface area contributed by atoms with E-state index < -0.39 is 28.5 Å². The number of sulfone groups is 1. The zero-order valence-corrected chi connectivity index (χ0v) is 17.5. The minimum absolute atomic E-state index is 0.233. The summed E-state index contributed by atoms with van der Waals surface area (Å²) in [6, 6.07) is 6.24. The van der Waals surface area contributed by atoms with Crippen molar-refractivity contribution in [3.63, 3.8) is 0 Å². The first-order valence-corrected chi connectivity index (χ1v) is 11.9. The molecule has 2 atom stereocenters. The summed E-state index contributed by atoms with van der Waals surface area (Å²) in [6.07, 6.45) is -1.21. The number of hydrogen-bond donors (Lipinski definition) is 0. The van der Waals surface area contributed by atoms with E-state index in [0.717, 1.165) is 19.1 Å². The third kappa shape index (κ3) is 5.84. The minimum Gasteiger partial charge on any atom is -0.494 e. The molecule has 0 spiro atoms. The van der Waals surface area contributed by atoms with E-state index >= 15 is 0 Å². The van der Waals surface area contributed by atoms with Gasteiger partial charge in [0.15, 0.2) is 9.84 Å². The lowest BCUT2D eigenvalue weighted by Gasteiger charge is -2.34. The average Bonchev–Trinajstić information content (AvgIpc) is 3.40. The van der Waals surface area contributed by atoms with Gasteiger partial charge < -0.3 is 4.74 Å². The average molecular weight is 455 g/mol. The van der Waals surface area contributed by atoms with Crippen molar-refractivity contribution in [2.24, 2.45) is 17.8 Å². The lowest BCUT2D eigenvalue weighted by molar-refractivity contribution is -0.287. The summed E-state index contributed by atoms with van der Waals surface area (Å²) in [4.78, 5) is 1.45. The number of rotatable bonds is 8. The number of halogens is 5. The maximum atomic E-state index is 13.2. The molecule has 4 nitrogen and oxygen atoms in total. The molecule has 0 radical (unpaired) electrons. The molecule has 1 heterocycles. The van der Waals surface area contributed by atoms with Crippen LogP contribution in [0.2, 0.25) is 0 Å². The smallest absolute Gasteiger partial charge is 0.454 e. The van der Waals surface area contributed by atoms with Gasteiger partial charge in [-0.2, -0.15) is 22.0 Å². The number of nitrogens with zero attached hydrogens (tertiary/aromatic N) is 1. The molecule has 30 heavy (non-hydrogen) atoms. The van der Waals surface area contributed by atoms with E-state index in [1.165, 1.54) is 17.0 Å². The molecule has 0 bridgehead atoms. The van der Waals surface area contributed by atoms with E-state index in [9.17, 15) is 30.4 Å². The summed E-state index contributed by atoms with van der Waals surface area (Å²) in [5.74, 6) is -2.75. The topological polar surface area (TPSA) is 46.6 Å². The van der Waals surface area contributed by atoms with Crippen LogP contribution in [0.3, 0.4) is 0 Å². The van der Waals surface area contributed by atoms with Gasteiger partial charge in [-0.05, 0) is 80.8 Å². The van der Waals surface area contributed by atoms with E-state index in [1.54, 1.807) is 12.1 Å². The van der Waals surface area contributed by atoms with Crippen molar-refractivity contribution in [2.45, 2.75) is 42.7 Å². The van der Waals surface area contributed by atoms with Gasteiger partial charge in [0.05, 0.1) is 18.0 Å². The summed E-state index contributed by atoms with van der Waals surface area (Å²) >= 11 is 0. The van der Waals surface area contributed by atoms with Crippen molar-refractivity contribution in [1.82, 2.24) is 4.90 Å². The highest BCUT2D eigenvalue weighted by molar-refractivity contribution is 7.90. The molecule has 10 heteroatoms. The Morgan fingerprint density at radius 3 is 2.20 bits per heavy atom. The molecule has 2 unspecified atom stereocenters. The second-order valence-corrected chi connectivity index (χ2v) is 10.4. The molecule has 170 valence electrons. The van der Waals surface area contributed by atoms with Crippen LogP contribution in [0.25, 0.3) is 0 Å². The van der Waals surface area contributed by atoms with Crippen LogP contribution in [0.4, 0.5) is 22.0 Å². The molecule has 0 N–H and O–H groups in total. The van der Waals surface area contributed by atoms with Crippen molar-refractivity contribution in [1.29, 1.82) is 0 Å². The standard InChI is InChI=1S/C20H26F5NO3S/c1-30(27,28)17-4-2-16(3-5-17)29-11-8-15-12-18(15)14-6-9-26(10-7-14)13-19(21,22)20(23,24)25/h2-5,14-15,18H,6-13H2,1H3. The largest absolute Gasteiger partial charge is 0.494 e. The third-order valence-corrected chi connectivity index (χ3v) is 7.19. The summed E-state index contributed by atoms with van der Waals surface area (Å²) in [5, 5.41) is 0. The maximum Gasteiger partial charge on any atom is 0.454 e. The van der Waals surface area contributed by atoms with Crippen LogP contribution in [0.5, 0.6) is 5.75 Å². The predicted octanol–water partition coefficient (Wildman–Crippen LogP) is 4.40. The van der Waals surface area contributed by atoms with Gasteiger partial charge >= 0.3 is 12.1 Å². The predicted molar refractivity (Wildman–Crippen MR) is 101 cm³/mol. The van der Waals surface area contributed by atoms with E-state index in [-0.39, 0.29) is 18.0 Å². The maximum absolute atomic E-state index is 13.2. The van der Waals surface area contributed by atoms with E-state index in [1.807, 2.05) is 0 Å². The van der Waals surface area contributed by atoms with Gasteiger partial charge in [0.25, 0.3) is 0 Å². The normalized spacial score (nSPS) is 24.1. The third-order valence-electron chi connectivity index (χ3n) is 6.06. The van der Waals surface area contributed by atoms with Crippen molar-refractivity contribution in [3.05, 3.63) is 24.3 Å². The van der Waals surface area contributed by atoms with Gasteiger partial charge in [0.1, 0.15) is 5.75 Å². The number of alkyl halides is 5. The molecular weight excluding hydrogens is 429 g/mol. The van der Waals surface area contributed by atoms with Crippen LogP contribution in [-0.4, -0.2) is 57.9 Å². The van der Waals surface area contributed by atoms with Gasteiger partial charge in [-0.15, -0.1) is 0 Å². The summed E-state index contributed by atoms with van der Waals surface area (Å²) in [6.45, 7) is -0.231. The van der Waals surface area contributed by atoms with Crippen LogP contribution in [0.15, 0.2) is 29.2 Å². The minimum atomic E-state index is -5.50. The first-order valence-electron chi connectivity index (χ1n) is 9.96. The van der Waals surface area contributed by atoms with Gasteiger partial charge in [0, 0.05) is 6.26 Å². The molecule has 1 saturated heterocycles. The molecule has 0 aromatic heterocycles. The van der Waals surface area contributed by atoms with Gasteiger partial charge in [0.2, 0.25) is 0 Å². The number of piperidine rings is 1. The van der Waals surface area contributed by atoms with E-state index in [0.29, 0.717) is 43.0 Å². The quantitative estimate of drug-likeness (QED) is 0.545. The fraction of sp³-hybridized carbons (Fsp3) is 0.700. The Balaban J connectivity index is 1.36. The van der Waals surface area contributed by atoms with Crippen LogP contribution in [0.1, 0.15) is 25.7 Å². The Kier molecular flexibility index (Phi) is 6.67. The van der Waals surface area contributed by atoms with Crippen LogP contribution in [0, 0.1) is 17.8 Å². The van der Waals surface area contributed by atoms with Crippen molar-refractivity contribution >= 4 is 9.84 Å². The number of ether oxygens (including phenoxy) is 1. The molecule has 1 aromatic carbocycles. The zero-order valence-electron chi connectivity index (χ0n) is 16.7. The molecule has 1 saturated carbocycles. The number of likely N-dealkylation sites (tertiary alicyclic amines) is 1. The van der Waals surface area contributed by atoms with E-state index in [2.05, 4.69) is 0 Å². The Labute approximate surface area is 173 Å². The second-order valence-electron chi connectivity index (χ2n) is 8.36. The highest BCUT2D eigenvalue weighted by atomic mass is 32.2. The van der Waals surface area contributed by atoms with Crippen molar-refractivity contribution < 1.29 is 35.1 Å². The van der Waals surface area contributed by atoms with Gasteiger partial charge in [-0.1, -0.05) is 0 Å². The van der Waals surface area contributed by atoms with Crippen LogP contribution >= 0.6 is 0 Å². The van der Waals surface area contributed by atoms with Crippen molar-refractivity contribution in [2.75, 3.05) is 32.5 Å². The molecule has 1 aromatic rings. The van der Waals surface area contributed by atoms with Crippen LogP contribution in [-0.2, 0) is 9.84 Å². The molecule has 2 fully saturated rings. The Morgan fingerprint density at radius 2 is 1.67 bits per heavy atom. The fourth-order valence-corrected chi connectivity index (χ4v) is 4.83. The zero-order chi connectivity index (χ0) is 22.2. The van der Waals surface area contributed by atoms with Gasteiger partial charge in [-0.25, -0.2) is 8.42 Å². The Morgan fingerprint density at radius 1 is 1.07 bits per heavy atom. The number of hydrogen-bond acceptors (Lipinski definition) is 4. The Bertz CT molecular complexity index is 818. The Hall–Kier alpha value is -1.42. The lowest BCUT2D eigenvalue weighted by Crippen LogP contribution is -2.49.